The van der Waals surface area contributed by atoms with Crippen molar-refractivity contribution in [2.45, 2.75) is 64.3 Å². The molecule has 9 heteroatoms. The highest BCUT2D eigenvalue weighted by atomic mass is 16.5. The number of ketones is 1. The van der Waals surface area contributed by atoms with Gasteiger partial charge in [-0.05, 0) is 30.9 Å². The smallest absolute Gasteiger partial charge is 0.258 e. The molecule has 2 atom stereocenters. The Morgan fingerprint density at radius 3 is 2.50 bits per heavy atom. The fourth-order valence-corrected chi connectivity index (χ4v) is 5.08. The van der Waals surface area contributed by atoms with Gasteiger partial charge in [-0.1, -0.05) is 62.4 Å². The van der Waals surface area contributed by atoms with Gasteiger partial charge in [-0.2, -0.15) is 4.98 Å². The summed E-state index contributed by atoms with van der Waals surface area (Å²) in [4.78, 5) is 45.6. The summed E-state index contributed by atoms with van der Waals surface area (Å²) in [6.07, 6.45) is 6.89. The number of amides is 2. The van der Waals surface area contributed by atoms with E-state index in [9.17, 15) is 14.4 Å². The van der Waals surface area contributed by atoms with Gasteiger partial charge in [-0.3, -0.25) is 14.4 Å². The minimum absolute atomic E-state index is 0.0284. The van der Waals surface area contributed by atoms with Crippen LogP contribution in [0, 0.1) is 11.8 Å². The van der Waals surface area contributed by atoms with Crippen molar-refractivity contribution in [2.75, 3.05) is 26.3 Å². The third kappa shape index (κ3) is 6.78. The number of aromatic nitrogens is 2. The van der Waals surface area contributed by atoms with Crippen LogP contribution in [0.1, 0.15) is 68.9 Å². The Bertz CT molecular complexity index is 1010. The first-order chi connectivity index (χ1) is 17.5. The Balaban J connectivity index is 1.43. The molecule has 36 heavy (non-hydrogen) atoms. The van der Waals surface area contributed by atoms with E-state index in [0.717, 1.165) is 31.2 Å². The number of rotatable bonds is 10. The van der Waals surface area contributed by atoms with Crippen LogP contribution in [0.25, 0.3) is 11.5 Å². The maximum Gasteiger partial charge on any atom is 0.258 e. The van der Waals surface area contributed by atoms with Crippen LogP contribution < -0.4 is 5.32 Å². The lowest BCUT2D eigenvalue weighted by Gasteiger charge is -2.30. The van der Waals surface area contributed by atoms with E-state index in [-0.39, 0.29) is 30.0 Å². The molecule has 1 aliphatic heterocycles. The molecule has 1 saturated carbocycles. The van der Waals surface area contributed by atoms with Gasteiger partial charge in [0, 0.05) is 31.0 Å². The number of nitrogens with zero attached hydrogens (tertiary/aromatic N) is 3. The molecule has 2 heterocycles. The topological polar surface area (TPSA) is 115 Å². The highest BCUT2D eigenvalue weighted by Crippen LogP contribution is 2.31. The molecule has 2 amide bonds. The summed E-state index contributed by atoms with van der Waals surface area (Å²) < 4.78 is 10.6. The fourth-order valence-electron chi connectivity index (χ4n) is 5.08. The molecule has 1 saturated heterocycles. The second-order valence-corrected chi connectivity index (χ2v) is 9.76. The Morgan fingerprint density at radius 1 is 1.08 bits per heavy atom. The summed E-state index contributed by atoms with van der Waals surface area (Å²) >= 11 is 0. The van der Waals surface area contributed by atoms with Gasteiger partial charge in [0.15, 0.2) is 0 Å². The molecule has 9 nitrogen and oxygen atoms in total. The van der Waals surface area contributed by atoms with Gasteiger partial charge < -0.3 is 19.5 Å². The Kier molecular flexibility index (Phi) is 9.22. The maximum atomic E-state index is 13.4. The number of morpholine rings is 1. The number of ether oxygens (including phenoxy) is 1. The first-order valence-electron chi connectivity index (χ1n) is 13.1. The summed E-state index contributed by atoms with van der Waals surface area (Å²) in [5.74, 6) is -0.536. The number of carbonyl (C=O) groups excluding carboxylic acids is 3. The van der Waals surface area contributed by atoms with E-state index in [1.54, 1.807) is 4.90 Å². The number of hydrogen-bond donors (Lipinski definition) is 1. The standard InChI is InChI=1S/C27H36N4O5/c1-2-22(24(33)25-29-27(36-30-25)20-11-7-4-8-12-20)28-26(34)21(17-19-9-5-3-6-10-19)18-23(32)31-13-15-35-16-14-31/h4,7-8,11-12,19,21-22H,2-3,5-6,9-10,13-18H2,1H3,(H,28,34)/t21-,22?/m1/s1. The van der Waals surface area contributed by atoms with Crippen LogP contribution in [0.3, 0.4) is 0 Å². The van der Waals surface area contributed by atoms with E-state index in [1.807, 2.05) is 37.3 Å². The molecule has 0 spiro atoms. The minimum Gasteiger partial charge on any atom is -0.378 e. The summed E-state index contributed by atoms with van der Waals surface area (Å²) in [5.41, 5.74) is 0.718. The molecule has 1 aromatic heterocycles. The van der Waals surface area contributed by atoms with Crippen LogP contribution in [0.2, 0.25) is 0 Å². The number of Topliss-reactive ketones (excluding diaryl/α,β-unsaturated/α-hetero) is 1. The van der Waals surface area contributed by atoms with E-state index in [0.29, 0.717) is 45.1 Å². The average molecular weight is 497 g/mol. The first-order valence-corrected chi connectivity index (χ1v) is 13.1. The van der Waals surface area contributed by atoms with Gasteiger partial charge in [0.25, 0.3) is 5.89 Å². The second-order valence-electron chi connectivity index (χ2n) is 9.76. The summed E-state index contributed by atoms with van der Waals surface area (Å²) in [5, 5.41) is 6.76. The van der Waals surface area contributed by atoms with Crippen molar-refractivity contribution in [3.8, 4) is 11.5 Å². The third-order valence-corrected chi connectivity index (χ3v) is 7.21. The number of benzene rings is 1. The van der Waals surface area contributed by atoms with Gasteiger partial charge in [-0.15, -0.1) is 0 Å². The number of carbonyl (C=O) groups is 3. The molecule has 2 aliphatic rings. The lowest BCUT2D eigenvalue weighted by atomic mass is 9.81. The van der Waals surface area contributed by atoms with Crippen LogP contribution in [0.5, 0.6) is 0 Å². The number of nitrogens with one attached hydrogen (secondary N) is 1. The molecule has 1 N–H and O–H groups in total. The average Bonchev–Trinajstić information content (AvgIpc) is 3.43. The molecule has 2 aromatic rings. The van der Waals surface area contributed by atoms with Gasteiger partial charge in [-0.25, -0.2) is 0 Å². The molecule has 1 unspecified atom stereocenters. The molecule has 2 fully saturated rings. The van der Waals surface area contributed by atoms with Crippen molar-refractivity contribution in [1.82, 2.24) is 20.4 Å². The molecular weight excluding hydrogens is 460 g/mol. The SMILES string of the molecule is CCC(NC(=O)[C@@H](CC(=O)N1CCOCC1)CC1CCCCC1)C(=O)c1noc(-c2ccccc2)n1. The van der Waals surface area contributed by atoms with Gasteiger partial charge in [0.1, 0.15) is 0 Å². The molecule has 194 valence electrons. The van der Waals surface area contributed by atoms with Gasteiger partial charge in [0.2, 0.25) is 23.4 Å². The Morgan fingerprint density at radius 2 is 1.81 bits per heavy atom. The summed E-state index contributed by atoms with van der Waals surface area (Å²) in [6.45, 7) is 3.97. The second kappa shape index (κ2) is 12.8. The largest absolute Gasteiger partial charge is 0.378 e. The van der Waals surface area contributed by atoms with E-state index in [2.05, 4.69) is 15.5 Å². The quantitative estimate of drug-likeness (QED) is 0.499. The van der Waals surface area contributed by atoms with Gasteiger partial charge >= 0.3 is 0 Å². The Labute approximate surface area is 212 Å². The normalized spacial score (nSPS) is 18.4. The predicted molar refractivity (Wildman–Crippen MR) is 133 cm³/mol. The van der Waals surface area contributed by atoms with Crippen LogP contribution in [-0.4, -0.2) is 65.0 Å². The molecule has 0 radical (unpaired) electrons. The van der Waals surface area contributed by atoms with Crippen LogP contribution in [0.15, 0.2) is 34.9 Å². The van der Waals surface area contributed by atoms with Crippen LogP contribution in [0.4, 0.5) is 0 Å². The van der Waals surface area contributed by atoms with Gasteiger partial charge in [0.05, 0.1) is 19.3 Å². The third-order valence-electron chi connectivity index (χ3n) is 7.21. The van der Waals surface area contributed by atoms with Crippen LogP contribution in [-0.2, 0) is 14.3 Å². The Hall–Kier alpha value is -3.07. The van der Waals surface area contributed by atoms with Crippen molar-refractivity contribution in [3.05, 3.63) is 36.2 Å². The van der Waals surface area contributed by atoms with Crippen molar-refractivity contribution >= 4 is 17.6 Å². The monoisotopic (exact) mass is 496 g/mol. The summed E-state index contributed by atoms with van der Waals surface area (Å²) in [6, 6.07) is 8.43. The molecule has 4 rings (SSSR count). The zero-order chi connectivity index (χ0) is 25.3. The van der Waals surface area contributed by atoms with E-state index in [1.165, 1.54) is 6.42 Å². The maximum absolute atomic E-state index is 13.4. The van der Waals surface area contributed by atoms with E-state index in [4.69, 9.17) is 9.26 Å². The first kappa shape index (κ1) is 26.0. The molecule has 0 bridgehead atoms. The molecule has 1 aliphatic carbocycles. The zero-order valence-electron chi connectivity index (χ0n) is 21.0. The minimum atomic E-state index is -0.786. The van der Waals surface area contributed by atoms with Crippen LogP contribution >= 0.6 is 0 Å². The highest BCUT2D eigenvalue weighted by Gasteiger charge is 2.32. The van der Waals surface area contributed by atoms with Crippen molar-refractivity contribution in [1.29, 1.82) is 0 Å². The lowest BCUT2D eigenvalue weighted by molar-refractivity contribution is -0.140. The number of hydrogen-bond acceptors (Lipinski definition) is 7. The van der Waals surface area contributed by atoms with Crippen molar-refractivity contribution < 1.29 is 23.6 Å². The van der Waals surface area contributed by atoms with Crippen molar-refractivity contribution in [2.24, 2.45) is 11.8 Å². The summed E-state index contributed by atoms with van der Waals surface area (Å²) in [7, 11) is 0. The zero-order valence-corrected chi connectivity index (χ0v) is 21.0. The fraction of sp³-hybridized carbons (Fsp3) is 0.593. The lowest BCUT2D eigenvalue weighted by Crippen LogP contribution is -2.46. The van der Waals surface area contributed by atoms with E-state index >= 15 is 0 Å². The predicted octanol–water partition coefficient (Wildman–Crippen LogP) is 3.65. The highest BCUT2D eigenvalue weighted by molar-refractivity contribution is 5.99. The molecule has 1 aromatic carbocycles. The van der Waals surface area contributed by atoms with E-state index < -0.39 is 17.7 Å². The molecular formula is C27H36N4O5. The van der Waals surface area contributed by atoms with Crippen molar-refractivity contribution in [3.63, 3.8) is 0 Å².